The summed E-state index contributed by atoms with van der Waals surface area (Å²) in [6.45, 7) is 0.961. The zero-order valence-electron chi connectivity index (χ0n) is 12.9. The Morgan fingerprint density at radius 2 is 2.00 bits per heavy atom. The van der Waals surface area contributed by atoms with Gasteiger partial charge >= 0.3 is 0 Å². The highest BCUT2D eigenvalue weighted by Gasteiger charge is 2.24. The van der Waals surface area contributed by atoms with E-state index in [0.717, 1.165) is 49.2 Å². The molecule has 0 unspecified atom stereocenters. The van der Waals surface area contributed by atoms with Crippen LogP contribution in [0.15, 0.2) is 18.2 Å². The van der Waals surface area contributed by atoms with Gasteiger partial charge in [0.05, 0.1) is 6.10 Å². The molecule has 1 aliphatic carbocycles. The molecule has 0 aromatic heterocycles. The fourth-order valence-corrected chi connectivity index (χ4v) is 3.41. The maximum absolute atomic E-state index is 12.5. The number of halogens is 1. The number of benzene rings is 1. The second-order valence-corrected chi connectivity index (χ2v) is 6.06. The van der Waals surface area contributed by atoms with E-state index in [9.17, 15) is 4.79 Å². The first-order valence-electron chi connectivity index (χ1n) is 8.05. The highest BCUT2D eigenvalue weighted by atomic mass is 35.5. The van der Waals surface area contributed by atoms with Gasteiger partial charge in [-0.25, -0.2) is 0 Å². The molecule has 0 radical (unpaired) electrons. The van der Waals surface area contributed by atoms with Crippen molar-refractivity contribution in [1.29, 1.82) is 0 Å². The van der Waals surface area contributed by atoms with Crippen LogP contribution in [0.2, 0.25) is 0 Å². The molecule has 122 valence electrons. The van der Waals surface area contributed by atoms with Gasteiger partial charge in [-0.15, -0.1) is 12.4 Å². The Bertz CT molecular complexity index is 515. The molecule has 1 saturated carbocycles. The van der Waals surface area contributed by atoms with Gasteiger partial charge in [-0.3, -0.25) is 4.79 Å². The molecule has 0 saturated heterocycles. The van der Waals surface area contributed by atoms with Crippen molar-refractivity contribution in [2.24, 2.45) is 0 Å². The summed E-state index contributed by atoms with van der Waals surface area (Å²) in [5, 5.41) is 0. The molecule has 3 rings (SSSR count). The van der Waals surface area contributed by atoms with Gasteiger partial charge in [0.1, 0.15) is 6.61 Å². The topological polar surface area (TPSA) is 55.6 Å². The molecule has 1 aromatic carbocycles. The van der Waals surface area contributed by atoms with Crippen molar-refractivity contribution in [2.45, 2.75) is 51.0 Å². The van der Waals surface area contributed by atoms with Gasteiger partial charge in [-0.1, -0.05) is 25.3 Å². The summed E-state index contributed by atoms with van der Waals surface area (Å²) in [5.41, 5.74) is 8.89. The number of nitrogen functional groups attached to an aromatic ring is 1. The maximum Gasteiger partial charge on any atom is 0.252 e. The van der Waals surface area contributed by atoms with Gasteiger partial charge in [0, 0.05) is 17.9 Å². The number of fused-ring (bicyclic) bond motifs is 1. The summed E-state index contributed by atoms with van der Waals surface area (Å²) in [6, 6.07) is 5.82. The highest BCUT2D eigenvalue weighted by molar-refractivity contribution is 5.96. The van der Waals surface area contributed by atoms with E-state index in [1.165, 1.54) is 19.3 Å². The molecular formula is C17H25ClN2O2. The van der Waals surface area contributed by atoms with Gasteiger partial charge in [-0.05, 0) is 43.4 Å². The number of hydrogen-bond donors (Lipinski definition) is 1. The Hall–Kier alpha value is -1.26. The lowest BCUT2D eigenvalue weighted by atomic mass is 9.98. The quantitative estimate of drug-likeness (QED) is 0.868. The van der Waals surface area contributed by atoms with Crippen LogP contribution >= 0.6 is 12.4 Å². The van der Waals surface area contributed by atoms with Crippen molar-refractivity contribution in [2.75, 3.05) is 23.8 Å². The second-order valence-electron chi connectivity index (χ2n) is 6.06. The first-order valence-corrected chi connectivity index (χ1v) is 8.05. The van der Waals surface area contributed by atoms with Crippen molar-refractivity contribution >= 4 is 29.7 Å². The van der Waals surface area contributed by atoms with Crippen molar-refractivity contribution in [1.82, 2.24) is 0 Å². The molecule has 1 fully saturated rings. The van der Waals surface area contributed by atoms with Crippen LogP contribution in [0.4, 0.5) is 11.4 Å². The predicted octanol–water partition coefficient (Wildman–Crippen LogP) is 3.32. The Morgan fingerprint density at radius 3 is 2.77 bits per heavy atom. The number of rotatable bonds is 3. The number of carbonyl (C=O) groups is 1. The maximum atomic E-state index is 12.5. The van der Waals surface area contributed by atoms with Gasteiger partial charge in [0.15, 0.2) is 0 Å². The third-order valence-electron chi connectivity index (χ3n) is 4.58. The number of nitrogens with zero attached hydrogens (tertiary/aromatic N) is 1. The molecule has 0 atom stereocenters. The average Bonchev–Trinajstić information content (AvgIpc) is 2.53. The molecule has 2 aliphatic rings. The van der Waals surface area contributed by atoms with E-state index in [2.05, 4.69) is 0 Å². The zero-order chi connectivity index (χ0) is 14.7. The van der Waals surface area contributed by atoms with E-state index in [-0.39, 0.29) is 31.0 Å². The SMILES string of the molecule is Cl.Nc1cccc2c1CCCN2C(=O)COC1CCCCC1. The summed E-state index contributed by atoms with van der Waals surface area (Å²) < 4.78 is 5.82. The number of amides is 1. The van der Waals surface area contributed by atoms with Gasteiger partial charge in [0.2, 0.25) is 0 Å². The molecule has 0 bridgehead atoms. The van der Waals surface area contributed by atoms with Crippen LogP contribution in [0, 0.1) is 0 Å². The normalized spacial score (nSPS) is 18.5. The Labute approximate surface area is 138 Å². The lowest BCUT2D eigenvalue weighted by molar-refractivity contribution is -0.125. The van der Waals surface area contributed by atoms with Gasteiger partial charge in [-0.2, -0.15) is 0 Å². The highest BCUT2D eigenvalue weighted by Crippen LogP contribution is 2.31. The first-order chi connectivity index (χ1) is 10.3. The van der Waals surface area contributed by atoms with E-state index in [1.807, 2.05) is 23.1 Å². The summed E-state index contributed by atoms with van der Waals surface area (Å²) in [5.74, 6) is 0.0622. The second kappa shape index (κ2) is 7.84. The Kier molecular flexibility index (Phi) is 6.09. The lowest BCUT2D eigenvalue weighted by Gasteiger charge is -2.31. The number of carbonyl (C=O) groups excluding carboxylic acids is 1. The minimum absolute atomic E-state index is 0. The molecule has 0 spiro atoms. The number of nitrogens with two attached hydrogens (primary N) is 1. The molecule has 4 nitrogen and oxygen atoms in total. The average molecular weight is 325 g/mol. The minimum Gasteiger partial charge on any atom is -0.398 e. The molecule has 5 heteroatoms. The lowest BCUT2D eigenvalue weighted by Crippen LogP contribution is -2.39. The van der Waals surface area contributed by atoms with Gasteiger partial charge in [0.25, 0.3) is 5.91 Å². The third kappa shape index (κ3) is 3.73. The minimum atomic E-state index is 0. The van der Waals surface area contributed by atoms with E-state index in [4.69, 9.17) is 10.5 Å². The smallest absolute Gasteiger partial charge is 0.252 e. The zero-order valence-corrected chi connectivity index (χ0v) is 13.7. The summed E-state index contributed by atoms with van der Waals surface area (Å²) in [7, 11) is 0. The third-order valence-corrected chi connectivity index (χ3v) is 4.58. The molecule has 1 amide bonds. The standard InChI is InChI=1S/C17H24N2O2.ClH/c18-15-9-4-10-16-14(15)8-5-11-19(16)17(20)12-21-13-6-2-1-3-7-13;/h4,9-10,13H,1-3,5-8,11-12,18H2;1H. The molecule has 22 heavy (non-hydrogen) atoms. The van der Waals surface area contributed by atoms with Crippen molar-refractivity contribution < 1.29 is 9.53 Å². The largest absolute Gasteiger partial charge is 0.398 e. The van der Waals surface area contributed by atoms with E-state index >= 15 is 0 Å². The molecule has 1 aliphatic heterocycles. The Morgan fingerprint density at radius 1 is 1.23 bits per heavy atom. The van der Waals surface area contributed by atoms with Crippen LogP contribution in [0.3, 0.4) is 0 Å². The number of hydrogen-bond acceptors (Lipinski definition) is 3. The van der Waals surface area contributed by atoms with Crippen LogP contribution in [0.5, 0.6) is 0 Å². The van der Waals surface area contributed by atoms with Crippen LogP contribution in [-0.2, 0) is 16.0 Å². The molecular weight excluding hydrogens is 300 g/mol. The number of anilines is 2. The van der Waals surface area contributed by atoms with Crippen LogP contribution < -0.4 is 10.6 Å². The van der Waals surface area contributed by atoms with Crippen molar-refractivity contribution in [3.63, 3.8) is 0 Å². The number of ether oxygens (including phenoxy) is 1. The van der Waals surface area contributed by atoms with Crippen LogP contribution in [-0.4, -0.2) is 25.2 Å². The van der Waals surface area contributed by atoms with E-state index in [1.54, 1.807) is 0 Å². The van der Waals surface area contributed by atoms with Crippen molar-refractivity contribution in [3.8, 4) is 0 Å². The van der Waals surface area contributed by atoms with Gasteiger partial charge < -0.3 is 15.4 Å². The van der Waals surface area contributed by atoms with Crippen LogP contribution in [0.1, 0.15) is 44.1 Å². The van der Waals surface area contributed by atoms with Crippen LogP contribution in [0.25, 0.3) is 0 Å². The van der Waals surface area contributed by atoms with E-state index < -0.39 is 0 Å². The molecule has 1 aromatic rings. The summed E-state index contributed by atoms with van der Waals surface area (Å²) in [6.07, 6.45) is 8.13. The predicted molar refractivity (Wildman–Crippen MR) is 91.6 cm³/mol. The fraction of sp³-hybridized carbons (Fsp3) is 0.588. The first kappa shape index (κ1) is 17.1. The monoisotopic (exact) mass is 324 g/mol. The van der Waals surface area contributed by atoms with Crippen molar-refractivity contribution in [3.05, 3.63) is 23.8 Å². The molecule has 1 heterocycles. The fourth-order valence-electron chi connectivity index (χ4n) is 3.41. The summed E-state index contributed by atoms with van der Waals surface area (Å²) >= 11 is 0. The van der Waals surface area contributed by atoms with E-state index in [0.29, 0.717) is 0 Å². The Balaban J connectivity index is 0.00000176. The summed E-state index contributed by atoms with van der Waals surface area (Å²) in [4.78, 5) is 14.3. The molecule has 2 N–H and O–H groups in total.